The van der Waals surface area contributed by atoms with Crippen LogP contribution in [-0.2, 0) is 0 Å². The summed E-state index contributed by atoms with van der Waals surface area (Å²) in [4.78, 5) is 0. The third-order valence-electron chi connectivity index (χ3n) is 1.07. The smallest absolute Gasteiger partial charge is 0.0695 e. The van der Waals surface area contributed by atoms with Gasteiger partial charge in [0.25, 0.3) is 0 Å². The average molecular weight is 194 g/mol. The first kappa shape index (κ1) is 12.7. The van der Waals surface area contributed by atoms with Crippen molar-refractivity contribution >= 4 is 0 Å². The van der Waals surface area contributed by atoms with Crippen molar-refractivity contribution in [1.29, 1.82) is 0 Å². The maximum atomic E-state index is 8.87. The molecule has 0 aliphatic carbocycles. The minimum Gasteiger partial charge on any atom is -0.389 e. The topological polar surface area (TPSA) is 20.2 Å². The highest BCUT2D eigenvalue weighted by atomic mass is 16.3. The summed E-state index contributed by atoms with van der Waals surface area (Å²) in [5.41, 5.74) is 0. The molecule has 0 spiro atoms. The fourth-order valence-corrected chi connectivity index (χ4v) is 0.536. The third kappa shape index (κ3) is 11.7. The lowest BCUT2D eigenvalue weighted by Crippen LogP contribution is -1.90. The van der Waals surface area contributed by atoms with Gasteiger partial charge in [-0.15, -0.1) is 6.42 Å². The number of allylic oxidation sites excluding steroid dienone is 3. The molecule has 0 aliphatic heterocycles. The first-order valence-electron chi connectivity index (χ1n) is 4.25. The molecule has 0 amide bonds. The second-order valence-electron chi connectivity index (χ2n) is 2.40. The largest absolute Gasteiger partial charge is 0.389 e. The summed E-state index contributed by atoms with van der Waals surface area (Å²) in [6.07, 6.45) is 11.1. The van der Waals surface area contributed by atoms with Gasteiger partial charge >= 0.3 is 0 Å². The van der Waals surface area contributed by atoms with E-state index >= 15 is 0 Å². The summed E-state index contributed by atoms with van der Waals surface area (Å²) in [7, 11) is 0. The molecule has 1 heteroatoms. The standard InChI is InChI=1S/C14H10O/c1-3-4-5-6-7-8-9-10-11-12-13-14(2)15/h1,10-15H,2H3/b11-10+,13-12+/t14-/m0/s1. The molecule has 0 heterocycles. The first-order chi connectivity index (χ1) is 7.27. The van der Waals surface area contributed by atoms with E-state index in [1.165, 1.54) is 0 Å². The van der Waals surface area contributed by atoms with Crippen molar-refractivity contribution < 1.29 is 5.11 Å². The lowest BCUT2D eigenvalue weighted by atomic mass is 10.3. The lowest BCUT2D eigenvalue weighted by Gasteiger charge is -1.88. The van der Waals surface area contributed by atoms with E-state index in [1.54, 1.807) is 31.2 Å². The summed E-state index contributed by atoms with van der Waals surface area (Å²) in [5, 5.41) is 8.87. The quantitative estimate of drug-likeness (QED) is 0.516. The van der Waals surface area contributed by atoms with E-state index in [1.807, 2.05) is 0 Å². The molecule has 1 atom stereocenters. The van der Waals surface area contributed by atoms with Crippen LogP contribution >= 0.6 is 0 Å². The van der Waals surface area contributed by atoms with Crippen molar-refractivity contribution in [3.8, 4) is 47.9 Å². The van der Waals surface area contributed by atoms with Gasteiger partial charge in [-0.05, 0) is 48.5 Å². The molecule has 15 heavy (non-hydrogen) atoms. The van der Waals surface area contributed by atoms with Gasteiger partial charge in [-0.25, -0.2) is 0 Å². The molecule has 0 bridgehead atoms. The molecule has 0 aromatic rings. The maximum Gasteiger partial charge on any atom is 0.0695 e. The summed E-state index contributed by atoms with van der Waals surface area (Å²) >= 11 is 0. The summed E-state index contributed by atoms with van der Waals surface area (Å²) in [5.74, 6) is 17.2. The van der Waals surface area contributed by atoms with E-state index in [-0.39, 0.29) is 0 Å². The number of terminal acetylenes is 1. The van der Waals surface area contributed by atoms with E-state index in [9.17, 15) is 0 Å². The highest BCUT2D eigenvalue weighted by Crippen LogP contribution is 1.83. The van der Waals surface area contributed by atoms with Crippen LogP contribution in [0.15, 0.2) is 24.3 Å². The normalized spacial score (nSPS) is 10.2. The molecule has 0 saturated carbocycles. The van der Waals surface area contributed by atoms with Gasteiger partial charge in [0.1, 0.15) is 0 Å². The molecular weight excluding hydrogens is 184 g/mol. The molecular formula is C14H10O. The molecule has 0 saturated heterocycles. The molecule has 1 nitrogen and oxygen atoms in total. The molecule has 0 aromatic heterocycles. The van der Waals surface area contributed by atoms with Gasteiger partial charge in [0.05, 0.1) is 6.10 Å². The second-order valence-corrected chi connectivity index (χ2v) is 2.40. The van der Waals surface area contributed by atoms with Crippen molar-refractivity contribution in [2.75, 3.05) is 0 Å². The van der Waals surface area contributed by atoms with Crippen LogP contribution in [-0.4, -0.2) is 11.2 Å². The average Bonchev–Trinajstić information content (AvgIpc) is 2.20. The van der Waals surface area contributed by atoms with Gasteiger partial charge in [0, 0.05) is 0 Å². The monoisotopic (exact) mass is 194 g/mol. The minimum atomic E-state index is -0.443. The zero-order valence-corrected chi connectivity index (χ0v) is 8.41. The molecule has 0 aromatic carbocycles. The Morgan fingerprint density at radius 3 is 2.40 bits per heavy atom. The number of hydrogen-bond acceptors (Lipinski definition) is 1. The predicted molar refractivity (Wildman–Crippen MR) is 62.1 cm³/mol. The lowest BCUT2D eigenvalue weighted by molar-refractivity contribution is 0.244. The zero-order valence-electron chi connectivity index (χ0n) is 8.41. The van der Waals surface area contributed by atoms with Crippen molar-refractivity contribution in [3.63, 3.8) is 0 Å². The SMILES string of the molecule is C#CC#CC#CC#C/C=C/C=C/[C@H](C)O. The summed E-state index contributed by atoms with van der Waals surface area (Å²) in [6, 6.07) is 0. The highest BCUT2D eigenvalue weighted by Gasteiger charge is 1.79. The minimum absolute atomic E-state index is 0.443. The summed E-state index contributed by atoms with van der Waals surface area (Å²) in [6.45, 7) is 1.67. The Hall–Kier alpha value is -2.32. The Labute approximate surface area is 90.9 Å². The van der Waals surface area contributed by atoms with Crippen LogP contribution in [0.3, 0.4) is 0 Å². The van der Waals surface area contributed by atoms with E-state index < -0.39 is 6.10 Å². The van der Waals surface area contributed by atoms with Crippen LogP contribution in [0.2, 0.25) is 0 Å². The van der Waals surface area contributed by atoms with Gasteiger partial charge in [-0.3, -0.25) is 0 Å². The fourth-order valence-electron chi connectivity index (χ4n) is 0.536. The van der Waals surface area contributed by atoms with Crippen molar-refractivity contribution in [1.82, 2.24) is 0 Å². The summed E-state index contributed by atoms with van der Waals surface area (Å²) < 4.78 is 0. The van der Waals surface area contributed by atoms with E-state index in [4.69, 9.17) is 11.5 Å². The molecule has 72 valence electrons. The Balaban J connectivity index is 4.00. The highest BCUT2D eigenvalue weighted by molar-refractivity contribution is 5.40. The van der Waals surface area contributed by atoms with Crippen LogP contribution in [0.25, 0.3) is 0 Å². The molecule has 0 aliphatic rings. The molecule has 0 fully saturated rings. The van der Waals surface area contributed by atoms with E-state index in [0.717, 1.165) is 0 Å². The number of aliphatic hydroxyl groups is 1. The predicted octanol–water partition coefficient (Wildman–Crippen LogP) is 1.12. The van der Waals surface area contributed by atoms with Crippen LogP contribution in [0, 0.1) is 47.9 Å². The number of hydrogen-bond donors (Lipinski definition) is 1. The van der Waals surface area contributed by atoms with Crippen LogP contribution in [0.5, 0.6) is 0 Å². The van der Waals surface area contributed by atoms with Gasteiger partial charge < -0.3 is 5.11 Å². The van der Waals surface area contributed by atoms with E-state index in [0.29, 0.717) is 0 Å². The Morgan fingerprint density at radius 2 is 1.73 bits per heavy atom. The Morgan fingerprint density at radius 1 is 1.07 bits per heavy atom. The Kier molecular flexibility index (Phi) is 8.26. The van der Waals surface area contributed by atoms with Crippen molar-refractivity contribution in [2.45, 2.75) is 13.0 Å². The number of aliphatic hydroxyl groups excluding tert-OH is 1. The molecule has 0 radical (unpaired) electrons. The van der Waals surface area contributed by atoms with Crippen molar-refractivity contribution in [3.05, 3.63) is 24.3 Å². The Bertz CT molecular complexity index is 451. The molecule has 1 N–H and O–H groups in total. The molecule has 0 rings (SSSR count). The van der Waals surface area contributed by atoms with Crippen molar-refractivity contribution in [2.24, 2.45) is 0 Å². The van der Waals surface area contributed by atoms with Gasteiger partial charge in [0.15, 0.2) is 0 Å². The zero-order chi connectivity index (χ0) is 11.4. The van der Waals surface area contributed by atoms with Gasteiger partial charge in [-0.1, -0.05) is 24.1 Å². The second kappa shape index (κ2) is 9.77. The van der Waals surface area contributed by atoms with Gasteiger partial charge in [0.2, 0.25) is 0 Å². The first-order valence-corrected chi connectivity index (χ1v) is 4.25. The van der Waals surface area contributed by atoms with Gasteiger partial charge in [-0.2, -0.15) is 0 Å². The van der Waals surface area contributed by atoms with Crippen LogP contribution in [0.1, 0.15) is 6.92 Å². The third-order valence-corrected chi connectivity index (χ3v) is 1.07. The maximum absolute atomic E-state index is 8.87. The molecule has 0 unspecified atom stereocenters. The van der Waals surface area contributed by atoms with E-state index in [2.05, 4.69) is 41.4 Å². The van der Waals surface area contributed by atoms with Crippen LogP contribution < -0.4 is 0 Å². The van der Waals surface area contributed by atoms with Crippen LogP contribution in [0.4, 0.5) is 0 Å². The fraction of sp³-hybridized carbons (Fsp3) is 0.143. The number of rotatable bonds is 2.